The van der Waals surface area contributed by atoms with Crippen LogP contribution in [0.5, 0.6) is 0 Å². The van der Waals surface area contributed by atoms with Gasteiger partial charge in [0.1, 0.15) is 4.90 Å². The van der Waals surface area contributed by atoms with E-state index in [2.05, 4.69) is 4.72 Å². The van der Waals surface area contributed by atoms with E-state index in [4.69, 9.17) is 10.5 Å². The Morgan fingerprint density at radius 2 is 2.11 bits per heavy atom. The van der Waals surface area contributed by atoms with Crippen molar-refractivity contribution in [3.63, 3.8) is 0 Å². The highest BCUT2D eigenvalue weighted by molar-refractivity contribution is 7.89. The van der Waals surface area contributed by atoms with Crippen LogP contribution in [0.1, 0.15) is 25.7 Å². The molecule has 0 bridgehead atoms. The average molecular weight is 284 g/mol. The zero-order valence-corrected chi connectivity index (χ0v) is 11.7. The highest BCUT2D eigenvalue weighted by Gasteiger charge is 2.18. The van der Waals surface area contributed by atoms with E-state index < -0.39 is 10.0 Å². The van der Waals surface area contributed by atoms with Crippen LogP contribution < -0.4 is 10.5 Å². The second-order valence-corrected chi connectivity index (χ2v) is 6.45. The number of hydrogen-bond donors (Lipinski definition) is 2. The molecule has 106 valence electrons. The van der Waals surface area contributed by atoms with Crippen LogP contribution >= 0.6 is 0 Å². The minimum absolute atomic E-state index is 0.138. The van der Waals surface area contributed by atoms with Crippen molar-refractivity contribution in [2.24, 2.45) is 0 Å². The second-order valence-electron chi connectivity index (χ2n) is 4.71. The third-order valence-electron chi connectivity index (χ3n) is 3.24. The lowest BCUT2D eigenvalue weighted by Crippen LogP contribution is -2.29. The van der Waals surface area contributed by atoms with Crippen LogP contribution in [0.3, 0.4) is 0 Å². The molecule has 1 aliphatic rings. The van der Waals surface area contributed by atoms with Gasteiger partial charge in [-0.05, 0) is 37.8 Å². The summed E-state index contributed by atoms with van der Waals surface area (Å²) in [7, 11) is -3.52. The van der Waals surface area contributed by atoms with Gasteiger partial charge in [0, 0.05) is 13.2 Å². The Morgan fingerprint density at radius 1 is 1.32 bits per heavy atom. The van der Waals surface area contributed by atoms with Crippen molar-refractivity contribution in [2.45, 2.75) is 36.7 Å². The summed E-state index contributed by atoms with van der Waals surface area (Å²) in [6.07, 6.45) is 4.14. The molecule has 1 saturated heterocycles. The number of sulfonamides is 1. The fraction of sp³-hybridized carbons (Fsp3) is 0.538. The van der Waals surface area contributed by atoms with E-state index in [-0.39, 0.29) is 16.7 Å². The third-order valence-corrected chi connectivity index (χ3v) is 4.78. The van der Waals surface area contributed by atoms with E-state index in [1.807, 2.05) is 0 Å². The normalized spacial score (nSPS) is 20.3. The van der Waals surface area contributed by atoms with Crippen LogP contribution in [0.2, 0.25) is 0 Å². The molecule has 1 aromatic carbocycles. The zero-order valence-electron chi connectivity index (χ0n) is 10.8. The van der Waals surface area contributed by atoms with E-state index in [0.717, 1.165) is 25.9 Å². The van der Waals surface area contributed by atoms with E-state index in [1.54, 1.807) is 18.2 Å². The van der Waals surface area contributed by atoms with Gasteiger partial charge in [0.15, 0.2) is 0 Å². The minimum Gasteiger partial charge on any atom is -0.398 e. The number of hydrogen-bond acceptors (Lipinski definition) is 4. The zero-order chi connectivity index (χ0) is 13.7. The van der Waals surface area contributed by atoms with Crippen molar-refractivity contribution in [3.05, 3.63) is 24.3 Å². The quantitative estimate of drug-likeness (QED) is 0.803. The van der Waals surface area contributed by atoms with Gasteiger partial charge in [-0.25, -0.2) is 13.1 Å². The van der Waals surface area contributed by atoms with Crippen molar-refractivity contribution < 1.29 is 13.2 Å². The maximum absolute atomic E-state index is 12.1. The summed E-state index contributed by atoms with van der Waals surface area (Å²) in [4.78, 5) is 0.138. The Hall–Kier alpha value is -1.11. The fourth-order valence-corrected chi connectivity index (χ4v) is 3.37. The molecule has 19 heavy (non-hydrogen) atoms. The van der Waals surface area contributed by atoms with E-state index in [1.165, 1.54) is 6.07 Å². The molecule has 1 atom stereocenters. The molecule has 0 saturated carbocycles. The van der Waals surface area contributed by atoms with E-state index in [9.17, 15) is 8.42 Å². The van der Waals surface area contributed by atoms with Crippen molar-refractivity contribution >= 4 is 15.7 Å². The molecular weight excluding hydrogens is 264 g/mol. The van der Waals surface area contributed by atoms with Gasteiger partial charge < -0.3 is 10.5 Å². The fourth-order valence-electron chi connectivity index (χ4n) is 2.19. The Kier molecular flexibility index (Phi) is 4.79. The van der Waals surface area contributed by atoms with Gasteiger partial charge in [0.2, 0.25) is 10.0 Å². The molecule has 0 spiro atoms. The molecular formula is C13H20N2O3S. The second kappa shape index (κ2) is 6.36. The molecule has 6 heteroatoms. The number of ether oxygens (including phenoxy) is 1. The first-order valence-corrected chi connectivity index (χ1v) is 8.04. The molecule has 0 amide bonds. The molecule has 1 fully saturated rings. The summed E-state index contributed by atoms with van der Waals surface area (Å²) in [6, 6.07) is 6.47. The van der Waals surface area contributed by atoms with Gasteiger partial charge in [-0.15, -0.1) is 0 Å². The number of rotatable bonds is 5. The highest BCUT2D eigenvalue weighted by Crippen LogP contribution is 2.18. The van der Waals surface area contributed by atoms with Crippen LogP contribution in [0.25, 0.3) is 0 Å². The molecule has 0 aromatic heterocycles. The molecule has 5 nitrogen and oxygen atoms in total. The van der Waals surface area contributed by atoms with Crippen molar-refractivity contribution in [3.8, 4) is 0 Å². The lowest BCUT2D eigenvalue weighted by atomic mass is 10.1. The highest BCUT2D eigenvalue weighted by atomic mass is 32.2. The first-order valence-electron chi connectivity index (χ1n) is 6.55. The largest absolute Gasteiger partial charge is 0.398 e. The molecule has 2 rings (SSSR count). The monoisotopic (exact) mass is 284 g/mol. The SMILES string of the molecule is Nc1ccccc1S(=O)(=O)NCCC1CCCCO1. The van der Waals surface area contributed by atoms with Crippen LogP contribution in [0.4, 0.5) is 5.69 Å². The van der Waals surface area contributed by atoms with Crippen LogP contribution in [-0.4, -0.2) is 27.7 Å². The Labute approximate surface area is 114 Å². The molecule has 0 radical (unpaired) electrons. The summed E-state index contributed by atoms with van der Waals surface area (Å²) in [5.74, 6) is 0. The van der Waals surface area contributed by atoms with Gasteiger partial charge >= 0.3 is 0 Å². The minimum atomic E-state index is -3.52. The smallest absolute Gasteiger partial charge is 0.242 e. The predicted octanol–water partition coefficient (Wildman–Crippen LogP) is 1.51. The summed E-state index contributed by atoms with van der Waals surface area (Å²) < 4.78 is 32.3. The maximum Gasteiger partial charge on any atom is 0.242 e. The van der Waals surface area contributed by atoms with E-state index in [0.29, 0.717) is 13.0 Å². The lowest BCUT2D eigenvalue weighted by molar-refractivity contribution is 0.0123. The summed E-state index contributed by atoms with van der Waals surface area (Å²) in [5.41, 5.74) is 5.94. The molecule has 1 heterocycles. The lowest BCUT2D eigenvalue weighted by Gasteiger charge is -2.22. The molecule has 3 N–H and O–H groups in total. The van der Waals surface area contributed by atoms with Crippen molar-refractivity contribution in [1.29, 1.82) is 0 Å². The summed E-state index contributed by atoms with van der Waals surface area (Å²) in [5, 5.41) is 0. The number of nitrogens with two attached hydrogens (primary N) is 1. The number of para-hydroxylation sites is 1. The number of nitrogen functional groups attached to an aromatic ring is 1. The Bertz CT molecular complexity index is 510. The van der Waals surface area contributed by atoms with Crippen molar-refractivity contribution in [1.82, 2.24) is 4.72 Å². The van der Waals surface area contributed by atoms with E-state index >= 15 is 0 Å². The molecule has 1 aromatic rings. The van der Waals surface area contributed by atoms with Crippen molar-refractivity contribution in [2.75, 3.05) is 18.9 Å². The van der Waals surface area contributed by atoms with Gasteiger partial charge in [-0.1, -0.05) is 12.1 Å². The van der Waals surface area contributed by atoms with Crippen LogP contribution in [-0.2, 0) is 14.8 Å². The third kappa shape index (κ3) is 3.92. The van der Waals surface area contributed by atoms with Gasteiger partial charge in [-0.2, -0.15) is 0 Å². The Morgan fingerprint density at radius 3 is 2.79 bits per heavy atom. The number of nitrogens with one attached hydrogen (secondary N) is 1. The standard InChI is InChI=1S/C13H20N2O3S/c14-12-6-1-2-7-13(12)19(16,17)15-9-8-11-5-3-4-10-18-11/h1-2,6-7,11,15H,3-5,8-10,14H2. The van der Waals surface area contributed by atoms with Gasteiger partial charge in [0.25, 0.3) is 0 Å². The summed E-state index contributed by atoms with van der Waals surface area (Å²) >= 11 is 0. The number of benzene rings is 1. The molecule has 0 aliphatic carbocycles. The van der Waals surface area contributed by atoms with Gasteiger partial charge in [-0.3, -0.25) is 0 Å². The number of anilines is 1. The topological polar surface area (TPSA) is 81.4 Å². The predicted molar refractivity (Wildman–Crippen MR) is 74.3 cm³/mol. The first kappa shape index (κ1) is 14.3. The summed E-state index contributed by atoms with van der Waals surface area (Å²) in [6.45, 7) is 1.16. The molecule has 1 aliphatic heterocycles. The maximum atomic E-state index is 12.1. The van der Waals surface area contributed by atoms with Crippen LogP contribution in [0.15, 0.2) is 29.2 Å². The van der Waals surface area contributed by atoms with Crippen LogP contribution in [0, 0.1) is 0 Å². The molecule has 1 unspecified atom stereocenters. The van der Waals surface area contributed by atoms with Gasteiger partial charge in [0.05, 0.1) is 11.8 Å². The first-order chi connectivity index (χ1) is 9.09. The Balaban J connectivity index is 1.89. The average Bonchev–Trinajstić information content (AvgIpc) is 2.40.